The van der Waals surface area contributed by atoms with Crippen molar-refractivity contribution in [1.29, 1.82) is 0 Å². The molecule has 0 aliphatic carbocycles. The van der Waals surface area contributed by atoms with Gasteiger partial charge in [-0.25, -0.2) is 13.6 Å². The first-order valence-electron chi connectivity index (χ1n) is 12.8. The van der Waals surface area contributed by atoms with Gasteiger partial charge in [-0.05, 0) is 30.0 Å². The molecule has 1 aliphatic rings. The van der Waals surface area contributed by atoms with Gasteiger partial charge in [0.15, 0.2) is 5.78 Å². The Morgan fingerprint density at radius 3 is 2.32 bits per heavy atom. The van der Waals surface area contributed by atoms with Gasteiger partial charge in [-0.3, -0.25) is 9.69 Å². The fourth-order valence-corrected chi connectivity index (χ4v) is 4.71. The Balaban J connectivity index is 1.40. The van der Waals surface area contributed by atoms with Crippen molar-refractivity contribution in [2.75, 3.05) is 26.7 Å². The number of urea groups is 1. The van der Waals surface area contributed by atoms with Crippen LogP contribution in [0.1, 0.15) is 39.9 Å². The van der Waals surface area contributed by atoms with E-state index in [1.165, 1.54) is 12.1 Å². The van der Waals surface area contributed by atoms with Crippen LogP contribution in [0, 0.1) is 11.6 Å². The zero-order valence-corrected chi connectivity index (χ0v) is 21.5. The lowest BCUT2D eigenvalue weighted by Gasteiger charge is -2.38. The molecule has 0 unspecified atom stereocenters. The molecule has 1 N–H and O–H groups in total. The Morgan fingerprint density at radius 2 is 1.66 bits per heavy atom. The summed E-state index contributed by atoms with van der Waals surface area (Å²) < 4.78 is 33.1. The van der Waals surface area contributed by atoms with Gasteiger partial charge in [0.2, 0.25) is 0 Å². The first-order valence-corrected chi connectivity index (χ1v) is 12.8. The number of nitrogens with one attached hydrogen (secondary N) is 1. The van der Waals surface area contributed by atoms with Gasteiger partial charge in [0.1, 0.15) is 11.6 Å². The van der Waals surface area contributed by atoms with Crippen molar-refractivity contribution in [3.05, 3.63) is 107 Å². The molecule has 4 rings (SSSR count). The number of carbonyl (C=O) groups excluding carboxylic acids is 2. The van der Waals surface area contributed by atoms with Crippen LogP contribution in [0.4, 0.5) is 13.6 Å². The van der Waals surface area contributed by atoms with Gasteiger partial charge in [-0.2, -0.15) is 0 Å². The van der Waals surface area contributed by atoms with Gasteiger partial charge in [-0.15, -0.1) is 0 Å². The summed E-state index contributed by atoms with van der Waals surface area (Å²) in [6.07, 6.45) is 1.29. The van der Waals surface area contributed by atoms with Crippen LogP contribution in [0.2, 0.25) is 0 Å². The van der Waals surface area contributed by atoms with Crippen molar-refractivity contribution in [2.24, 2.45) is 0 Å². The van der Waals surface area contributed by atoms with Crippen molar-refractivity contribution < 1.29 is 23.1 Å². The highest BCUT2D eigenvalue weighted by Crippen LogP contribution is 2.22. The summed E-state index contributed by atoms with van der Waals surface area (Å²) >= 11 is 0. The predicted octanol–water partition coefficient (Wildman–Crippen LogP) is 5.17. The second kappa shape index (κ2) is 13.3. The number of amides is 2. The zero-order valence-electron chi connectivity index (χ0n) is 21.5. The second-order valence-corrected chi connectivity index (χ2v) is 9.57. The summed E-state index contributed by atoms with van der Waals surface area (Å²) in [5.74, 6) is -1.28. The Bertz CT molecular complexity index is 1210. The van der Waals surface area contributed by atoms with E-state index in [0.717, 1.165) is 17.2 Å². The largest absolute Gasteiger partial charge is 0.380 e. The van der Waals surface area contributed by atoms with Crippen LogP contribution in [0.5, 0.6) is 0 Å². The monoisotopic (exact) mass is 521 g/mol. The van der Waals surface area contributed by atoms with Crippen LogP contribution in [-0.2, 0) is 24.4 Å². The Kier molecular flexibility index (Phi) is 9.56. The topological polar surface area (TPSA) is 61.9 Å². The van der Waals surface area contributed by atoms with Gasteiger partial charge in [-0.1, -0.05) is 60.7 Å². The molecule has 6 nitrogen and oxygen atoms in total. The molecule has 200 valence electrons. The third kappa shape index (κ3) is 7.46. The van der Waals surface area contributed by atoms with E-state index in [1.807, 2.05) is 54.6 Å². The van der Waals surface area contributed by atoms with Crippen LogP contribution >= 0.6 is 0 Å². The summed E-state index contributed by atoms with van der Waals surface area (Å²) in [6.45, 7) is 2.45. The molecule has 3 aromatic carbocycles. The second-order valence-electron chi connectivity index (χ2n) is 9.57. The third-order valence-electron chi connectivity index (χ3n) is 6.86. The highest BCUT2D eigenvalue weighted by Gasteiger charge is 2.29. The van der Waals surface area contributed by atoms with Gasteiger partial charge in [0.05, 0.1) is 19.7 Å². The molecule has 1 fully saturated rings. The predicted molar refractivity (Wildman–Crippen MR) is 142 cm³/mol. The molecular formula is C30H33F2N3O3. The van der Waals surface area contributed by atoms with Gasteiger partial charge >= 0.3 is 6.03 Å². The number of hydrogen-bond acceptors (Lipinski definition) is 4. The first-order chi connectivity index (χ1) is 18.4. The summed E-state index contributed by atoms with van der Waals surface area (Å²) in [5.41, 5.74) is 2.90. The molecule has 1 aliphatic heterocycles. The van der Waals surface area contributed by atoms with Gasteiger partial charge < -0.3 is 15.0 Å². The normalized spacial score (nSPS) is 14.3. The maximum absolute atomic E-state index is 14.5. The maximum atomic E-state index is 14.5. The molecular weight excluding hydrogens is 488 g/mol. The number of benzene rings is 3. The lowest BCUT2D eigenvalue weighted by molar-refractivity contribution is 0.0845. The van der Waals surface area contributed by atoms with Crippen LogP contribution < -0.4 is 5.32 Å². The summed E-state index contributed by atoms with van der Waals surface area (Å²) in [4.78, 5) is 29.7. The molecule has 8 heteroatoms. The number of rotatable bonds is 10. The van der Waals surface area contributed by atoms with Crippen LogP contribution in [0.25, 0.3) is 0 Å². The SMILES string of the molecule is COCc1ccc(CNC(=O)N(Cc2ccc(F)cc2F)C2CCN(CC(=O)c3ccccc3)CC2)cc1. The fourth-order valence-electron chi connectivity index (χ4n) is 4.71. The summed E-state index contributed by atoms with van der Waals surface area (Å²) in [5, 5.41) is 2.96. The zero-order chi connectivity index (χ0) is 26.9. The molecule has 0 spiro atoms. The quantitative estimate of drug-likeness (QED) is 0.374. The van der Waals surface area contributed by atoms with E-state index in [4.69, 9.17) is 4.74 Å². The van der Waals surface area contributed by atoms with Crippen molar-refractivity contribution in [3.8, 4) is 0 Å². The first kappa shape index (κ1) is 27.4. The van der Waals surface area contributed by atoms with Crippen LogP contribution in [0.3, 0.4) is 0 Å². The van der Waals surface area contributed by atoms with Gasteiger partial charge in [0, 0.05) is 50.0 Å². The third-order valence-corrected chi connectivity index (χ3v) is 6.86. The van der Waals surface area contributed by atoms with E-state index in [9.17, 15) is 18.4 Å². The Hall–Kier alpha value is -3.62. The number of halogens is 2. The number of piperidine rings is 1. The number of likely N-dealkylation sites (tertiary alicyclic amines) is 1. The van der Waals surface area contributed by atoms with E-state index in [-0.39, 0.29) is 30.0 Å². The number of carbonyl (C=O) groups is 2. The number of ketones is 1. The molecule has 1 heterocycles. The number of Topliss-reactive ketones (excluding diaryl/α,β-unsaturated/α-hetero) is 1. The van der Waals surface area contributed by atoms with Crippen molar-refractivity contribution in [3.63, 3.8) is 0 Å². The molecule has 3 aromatic rings. The van der Waals surface area contributed by atoms with E-state index >= 15 is 0 Å². The number of nitrogens with zero attached hydrogens (tertiary/aromatic N) is 2. The molecule has 0 bridgehead atoms. The summed E-state index contributed by atoms with van der Waals surface area (Å²) in [7, 11) is 1.64. The Morgan fingerprint density at radius 1 is 0.974 bits per heavy atom. The van der Waals surface area contributed by atoms with E-state index in [2.05, 4.69) is 10.2 Å². The number of methoxy groups -OCH3 is 1. The maximum Gasteiger partial charge on any atom is 0.318 e. The average molecular weight is 522 g/mol. The van der Waals surface area contributed by atoms with Crippen molar-refractivity contribution >= 4 is 11.8 Å². The molecule has 0 saturated carbocycles. The van der Waals surface area contributed by atoms with Crippen LogP contribution in [-0.4, -0.2) is 54.4 Å². The minimum absolute atomic E-state index is 0.0261. The minimum atomic E-state index is -0.678. The molecule has 2 amide bonds. The number of ether oxygens (including phenoxy) is 1. The minimum Gasteiger partial charge on any atom is -0.380 e. The molecule has 1 saturated heterocycles. The highest BCUT2D eigenvalue weighted by atomic mass is 19.1. The van der Waals surface area contributed by atoms with Crippen molar-refractivity contribution in [1.82, 2.24) is 15.1 Å². The molecule has 0 radical (unpaired) electrons. The standard InChI is InChI=1S/C30H33F2N3O3/c1-38-21-23-9-7-22(8-10-23)18-33-30(37)35(19-25-11-12-26(31)17-28(25)32)27-13-15-34(16-14-27)20-29(36)24-5-3-2-4-6-24/h2-12,17,27H,13-16,18-21H2,1H3,(H,33,37). The van der Waals surface area contributed by atoms with E-state index in [1.54, 1.807) is 12.0 Å². The lowest BCUT2D eigenvalue weighted by atomic mass is 10.0. The smallest absolute Gasteiger partial charge is 0.318 e. The lowest BCUT2D eigenvalue weighted by Crippen LogP contribution is -2.50. The molecule has 0 atom stereocenters. The van der Waals surface area contributed by atoms with E-state index in [0.29, 0.717) is 51.2 Å². The number of hydrogen-bond donors (Lipinski definition) is 1. The van der Waals surface area contributed by atoms with E-state index < -0.39 is 11.6 Å². The van der Waals surface area contributed by atoms with Crippen molar-refractivity contribution in [2.45, 2.75) is 38.6 Å². The fraction of sp³-hybridized carbons (Fsp3) is 0.333. The summed E-state index contributed by atoms with van der Waals surface area (Å²) in [6, 6.07) is 19.9. The van der Waals surface area contributed by atoms with Gasteiger partial charge in [0.25, 0.3) is 0 Å². The molecule has 38 heavy (non-hydrogen) atoms. The molecule has 0 aromatic heterocycles. The van der Waals surface area contributed by atoms with Crippen LogP contribution in [0.15, 0.2) is 72.8 Å². The highest BCUT2D eigenvalue weighted by molar-refractivity contribution is 5.97. The Labute approximate surface area is 222 Å². The average Bonchev–Trinajstić information content (AvgIpc) is 2.93.